The number of ether oxygens (including phenoxy) is 1. The SMILES string of the molecule is CCOC(=O)C(=O)C(=O)CCC[B]OC=N. The first-order valence-electron chi connectivity index (χ1n) is 4.83. The van der Waals surface area contributed by atoms with Crippen LogP contribution in [0.1, 0.15) is 19.8 Å². The molecule has 0 aromatic heterocycles. The van der Waals surface area contributed by atoms with Gasteiger partial charge >= 0.3 is 19.2 Å². The molecule has 0 aromatic carbocycles. The highest BCUT2D eigenvalue weighted by Gasteiger charge is 2.23. The highest BCUT2D eigenvalue weighted by molar-refractivity contribution is 6.62. The number of hydrogen-bond acceptors (Lipinski definition) is 6. The topological polar surface area (TPSA) is 93.5 Å². The fourth-order valence-electron chi connectivity index (χ4n) is 0.886. The van der Waals surface area contributed by atoms with Crippen LogP contribution in [0.2, 0.25) is 6.32 Å². The number of rotatable bonds is 9. The van der Waals surface area contributed by atoms with E-state index < -0.39 is 17.5 Å². The molecule has 6 nitrogen and oxygen atoms in total. The van der Waals surface area contributed by atoms with Gasteiger partial charge in [-0.25, -0.2) is 4.79 Å². The smallest absolute Gasteiger partial charge is 0.382 e. The summed E-state index contributed by atoms with van der Waals surface area (Å²) >= 11 is 0. The van der Waals surface area contributed by atoms with Crippen LogP contribution in [0.25, 0.3) is 0 Å². The van der Waals surface area contributed by atoms with E-state index in [1.807, 2.05) is 0 Å². The molecule has 0 heterocycles. The fraction of sp³-hybridized carbons (Fsp3) is 0.556. The Bertz CT molecular complexity index is 279. The molecule has 0 rings (SSSR count). The molecule has 1 radical (unpaired) electrons. The maximum absolute atomic E-state index is 11.1. The molecule has 87 valence electrons. The Morgan fingerprint density at radius 3 is 2.62 bits per heavy atom. The lowest BCUT2D eigenvalue weighted by molar-refractivity contribution is -0.156. The van der Waals surface area contributed by atoms with Crippen LogP contribution in [-0.2, 0) is 23.8 Å². The summed E-state index contributed by atoms with van der Waals surface area (Å²) in [5, 5.41) is 6.53. The van der Waals surface area contributed by atoms with Crippen molar-refractivity contribution in [2.75, 3.05) is 6.61 Å². The standard InChI is InChI=1S/C9H13BNO5/c1-2-15-9(14)8(13)7(12)4-3-5-10-16-6-11/h6,11H,2-5H2,1H3. The molecule has 0 aliphatic carbocycles. The Kier molecular flexibility index (Phi) is 7.74. The second-order valence-electron chi connectivity index (χ2n) is 2.79. The van der Waals surface area contributed by atoms with Crippen molar-refractivity contribution in [3.63, 3.8) is 0 Å². The monoisotopic (exact) mass is 226 g/mol. The summed E-state index contributed by atoms with van der Waals surface area (Å²) in [7, 11) is 1.34. The highest BCUT2D eigenvalue weighted by atomic mass is 16.5. The molecule has 0 aromatic rings. The minimum Gasteiger partial charge on any atom is -0.556 e. The maximum Gasteiger partial charge on any atom is 0.382 e. The summed E-state index contributed by atoms with van der Waals surface area (Å²) in [6.07, 6.45) is 1.54. The average Bonchev–Trinajstić information content (AvgIpc) is 2.27. The van der Waals surface area contributed by atoms with Crippen LogP contribution in [0, 0.1) is 5.41 Å². The third kappa shape index (κ3) is 5.95. The van der Waals surface area contributed by atoms with Crippen LogP contribution in [0.15, 0.2) is 0 Å². The molecule has 0 atom stereocenters. The van der Waals surface area contributed by atoms with Crippen LogP contribution in [0.3, 0.4) is 0 Å². The van der Waals surface area contributed by atoms with Gasteiger partial charge in [-0.05, 0) is 19.7 Å². The van der Waals surface area contributed by atoms with E-state index in [9.17, 15) is 14.4 Å². The summed E-state index contributed by atoms with van der Waals surface area (Å²) in [4.78, 5) is 33.1. The summed E-state index contributed by atoms with van der Waals surface area (Å²) in [5.41, 5.74) is 0. The Morgan fingerprint density at radius 1 is 1.38 bits per heavy atom. The number of carbonyl (C=O) groups is 3. The molecule has 0 saturated carbocycles. The van der Waals surface area contributed by atoms with E-state index in [-0.39, 0.29) is 13.0 Å². The molecule has 16 heavy (non-hydrogen) atoms. The summed E-state index contributed by atoms with van der Waals surface area (Å²) in [6, 6.07) is 0. The number of hydrogen-bond donors (Lipinski definition) is 1. The van der Waals surface area contributed by atoms with Crippen molar-refractivity contribution in [3.05, 3.63) is 0 Å². The zero-order valence-corrected chi connectivity index (χ0v) is 9.02. The minimum absolute atomic E-state index is 0.0322. The summed E-state index contributed by atoms with van der Waals surface area (Å²) < 4.78 is 8.89. The first-order valence-corrected chi connectivity index (χ1v) is 4.83. The molecule has 0 fully saturated rings. The quantitative estimate of drug-likeness (QED) is 0.115. The van der Waals surface area contributed by atoms with Gasteiger partial charge < -0.3 is 9.39 Å². The van der Waals surface area contributed by atoms with Gasteiger partial charge in [0.25, 0.3) is 0 Å². The largest absolute Gasteiger partial charge is 0.556 e. The third-order valence-electron chi connectivity index (χ3n) is 1.60. The lowest BCUT2D eigenvalue weighted by Gasteiger charge is -2.00. The van der Waals surface area contributed by atoms with E-state index in [0.29, 0.717) is 12.7 Å². The lowest BCUT2D eigenvalue weighted by Crippen LogP contribution is -2.25. The highest BCUT2D eigenvalue weighted by Crippen LogP contribution is 1.98. The van der Waals surface area contributed by atoms with Crippen molar-refractivity contribution in [1.82, 2.24) is 0 Å². The Labute approximate surface area is 94.1 Å². The molecule has 0 saturated heterocycles. The zero-order chi connectivity index (χ0) is 12.4. The molecule has 0 spiro atoms. The Morgan fingerprint density at radius 2 is 2.06 bits per heavy atom. The van der Waals surface area contributed by atoms with Gasteiger partial charge in [0.05, 0.1) is 6.61 Å². The maximum atomic E-state index is 11.1. The van der Waals surface area contributed by atoms with Crippen molar-refractivity contribution in [1.29, 1.82) is 5.41 Å². The van der Waals surface area contributed by atoms with Crippen molar-refractivity contribution in [2.45, 2.75) is 26.1 Å². The van der Waals surface area contributed by atoms with Gasteiger partial charge in [-0.3, -0.25) is 15.0 Å². The van der Waals surface area contributed by atoms with Crippen LogP contribution < -0.4 is 0 Å². The predicted molar refractivity (Wildman–Crippen MR) is 56.3 cm³/mol. The molecule has 0 bridgehead atoms. The van der Waals surface area contributed by atoms with Crippen molar-refractivity contribution in [3.8, 4) is 0 Å². The Hall–Kier alpha value is -1.66. The molecule has 0 aliphatic heterocycles. The molecule has 7 heteroatoms. The molecule has 0 unspecified atom stereocenters. The molecular formula is C9H13BNO5. The van der Waals surface area contributed by atoms with Gasteiger partial charge in [0.2, 0.25) is 5.78 Å². The predicted octanol–water partition coefficient (Wildman–Crippen LogP) is 0.129. The second-order valence-corrected chi connectivity index (χ2v) is 2.79. The lowest BCUT2D eigenvalue weighted by atomic mass is 9.91. The fourth-order valence-corrected chi connectivity index (χ4v) is 0.886. The minimum atomic E-state index is -1.12. The normalized spacial score (nSPS) is 9.06. The van der Waals surface area contributed by atoms with E-state index in [2.05, 4.69) is 9.39 Å². The number of nitrogens with one attached hydrogen (secondary N) is 1. The summed E-state index contributed by atoms with van der Waals surface area (Å²) in [6.45, 7) is 1.62. The number of esters is 1. The average molecular weight is 226 g/mol. The van der Waals surface area contributed by atoms with E-state index in [1.54, 1.807) is 6.92 Å². The Balaban J connectivity index is 3.75. The van der Waals surface area contributed by atoms with Crippen molar-refractivity contribution >= 4 is 31.4 Å². The van der Waals surface area contributed by atoms with Gasteiger partial charge in [-0.1, -0.05) is 0 Å². The van der Waals surface area contributed by atoms with Crippen LogP contribution >= 0.6 is 0 Å². The van der Waals surface area contributed by atoms with E-state index >= 15 is 0 Å². The van der Waals surface area contributed by atoms with Gasteiger partial charge in [0.1, 0.15) is 6.40 Å². The first kappa shape index (κ1) is 14.3. The van der Waals surface area contributed by atoms with E-state index in [1.165, 1.54) is 7.48 Å². The van der Waals surface area contributed by atoms with Gasteiger partial charge in [-0.2, -0.15) is 0 Å². The van der Waals surface area contributed by atoms with Crippen molar-refractivity contribution < 1.29 is 23.8 Å². The van der Waals surface area contributed by atoms with Crippen LogP contribution in [-0.4, -0.2) is 38.0 Å². The van der Waals surface area contributed by atoms with E-state index in [4.69, 9.17) is 5.41 Å². The molecule has 0 amide bonds. The summed E-state index contributed by atoms with van der Waals surface area (Å²) in [5.74, 6) is -2.98. The number of carbonyl (C=O) groups excluding carboxylic acids is 3. The van der Waals surface area contributed by atoms with Gasteiger partial charge in [-0.15, -0.1) is 0 Å². The van der Waals surface area contributed by atoms with Crippen LogP contribution in [0.4, 0.5) is 0 Å². The van der Waals surface area contributed by atoms with E-state index in [0.717, 1.165) is 6.40 Å². The second kappa shape index (κ2) is 8.64. The van der Waals surface area contributed by atoms with Crippen LogP contribution in [0.5, 0.6) is 0 Å². The number of Topliss-reactive ketones (excluding diaryl/α,β-unsaturated/α-hetero) is 2. The van der Waals surface area contributed by atoms with Gasteiger partial charge in [0, 0.05) is 6.42 Å². The molecule has 1 N–H and O–H groups in total. The third-order valence-corrected chi connectivity index (χ3v) is 1.60. The van der Waals surface area contributed by atoms with Crippen molar-refractivity contribution in [2.24, 2.45) is 0 Å². The molecule has 0 aliphatic rings. The number of ketones is 2. The molecular weight excluding hydrogens is 213 g/mol. The zero-order valence-electron chi connectivity index (χ0n) is 9.02. The first-order chi connectivity index (χ1) is 7.63. The van der Waals surface area contributed by atoms with Gasteiger partial charge in [0.15, 0.2) is 0 Å².